The molecule has 170 valence electrons. The first-order chi connectivity index (χ1) is 15.8. The molecular formula is C25H24N2O5S. The number of nitrogens with one attached hydrogen (secondary N) is 2. The monoisotopic (exact) mass is 464 g/mol. The summed E-state index contributed by atoms with van der Waals surface area (Å²) in [7, 11) is 0. The highest BCUT2D eigenvalue weighted by molar-refractivity contribution is 7.81. The number of amides is 2. The van der Waals surface area contributed by atoms with Gasteiger partial charge in [0.15, 0.2) is 0 Å². The van der Waals surface area contributed by atoms with Crippen LogP contribution in [-0.4, -0.2) is 34.0 Å². The van der Waals surface area contributed by atoms with Crippen molar-refractivity contribution in [2.45, 2.75) is 23.8 Å². The van der Waals surface area contributed by atoms with E-state index in [1.165, 1.54) is 12.1 Å². The van der Waals surface area contributed by atoms with Crippen molar-refractivity contribution < 1.29 is 24.6 Å². The van der Waals surface area contributed by atoms with E-state index in [-0.39, 0.29) is 12.2 Å². The summed E-state index contributed by atoms with van der Waals surface area (Å²) in [5, 5.41) is 23.5. The Kier molecular flexibility index (Phi) is 8.10. The molecule has 2 amide bonds. The largest absolute Gasteiger partial charge is 0.508 e. The zero-order chi connectivity index (χ0) is 23.8. The van der Waals surface area contributed by atoms with Gasteiger partial charge in [-0.05, 0) is 28.8 Å². The van der Waals surface area contributed by atoms with Gasteiger partial charge >= 0.3 is 5.97 Å². The SMILES string of the molecule is O=C(NC(C(=O)N[C@@H](Cc1ccc(O)cc1)C(=O)O)c1ccccc1)C(S)c1ccccc1. The third-order valence-electron chi connectivity index (χ3n) is 5.04. The molecule has 0 bridgehead atoms. The Morgan fingerprint density at radius 2 is 1.30 bits per heavy atom. The van der Waals surface area contributed by atoms with Crippen LogP contribution >= 0.6 is 12.6 Å². The van der Waals surface area contributed by atoms with E-state index < -0.39 is 35.1 Å². The number of phenolic OH excluding ortho intramolecular Hbond substituents is 1. The van der Waals surface area contributed by atoms with Crippen LogP contribution in [0.4, 0.5) is 0 Å². The zero-order valence-corrected chi connectivity index (χ0v) is 18.5. The molecule has 3 rings (SSSR count). The molecule has 33 heavy (non-hydrogen) atoms. The van der Waals surface area contributed by atoms with Crippen LogP contribution in [-0.2, 0) is 20.8 Å². The number of rotatable bonds is 9. The lowest BCUT2D eigenvalue weighted by molar-refractivity contribution is -0.142. The van der Waals surface area contributed by atoms with Gasteiger partial charge < -0.3 is 20.8 Å². The van der Waals surface area contributed by atoms with Crippen LogP contribution in [0.2, 0.25) is 0 Å². The number of aliphatic carboxylic acids is 1. The Bertz CT molecular complexity index is 1090. The van der Waals surface area contributed by atoms with Gasteiger partial charge in [0.2, 0.25) is 11.8 Å². The molecule has 0 saturated carbocycles. The van der Waals surface area contributed by atoms with Crippen LogP contribution in [0.25, 0.3) is 0 Å². The molecule has 2 unspecified atom stereocenters. The molecule has 0 aliphatic rings. The maximum absolute atomic E-state index is 13.1. The van der Waals surface area contributed by atoms with Gasteiger partial charge in [0.1, 0.15) is 23.1 Å². The van der Waals surface area contributed by atoms with E-state index in [9.17, 15) is 24.6 Å². The molecule has 0 fully saturated rings. The normalized spacial score (nSPS) is 13.4. The average Bonchev–Trinajstić information content (AvgIpc) is 2.83. The molecule has 3 aromatic rings. The maximum atomic E-state index is 13.1. The lowest BCUT2D eigenvalue weighted by Gasteiger charge is -2.23. The number of hydrogen-bond donors (Lipinski definition) is 5. The van der Waals surface area contributed by atoms with Crippen molar-refractivity contribution in [3.63, 3.8) is 0 Å². The number of carboxylic acids is 1. The molecule has 0 saturated heterocycles. The van der Waals surface area contributed by atoms with Gasteiger partial charge in [-0.15, -0.1) is 0 Å². The fourth-order valence-corrected chi connectivity index (χ4v) is 3.52. The summed E-state index contributed by atoms with van der Waals surface area (Å²) in [5.74, 6) is -2.31. The summed E-state index contributed by atoms with van der Waals surface area (Å²) in [6, 6.07) is 21.2. The van der Waals surface area contributed by atoms with Gasteiger partial charge in [-0.1, -0.05) is 72.8 Å². The van der Waals surface area contributed by atoms with Crippen molar-refractivity contribution >= 4 is 30.4 Å². The smallest absolute Gasteiger partial charge is 0.326 e. The Morgan fingerprint density at radius 3 is 1.85 bits per heavy atom. The Balaban J connectivity index is 1.79. The van der Waals surface area contributed by atoms with Crippen LogP contribution in [0.3, 0.4) is 0 Å². The first-order valence-corrected chi connectivity index (χ1v) is 10.8. The van der Waals surface area contributed by atoms with Crippen molar-refractivity contribution in [3.8, 4) is 5.75 Å². The van der Waals surface area contributed by atoms with Crippen molar-refractivity contribution in [2.24, 2.45) is 0 Å². The van der Waals surface area contributed by atoms with Gasteiger partial charge in [-0.3, -0.25) is 9.59 Å². The van der Waals surface area contributed by atoms with Gasteiger partial charge in [-0.2, -0.15) is 12.6 Å². The van der Waals surface area contributed by atoms with E-state index in [2.05, 4.69) is 23.3 Å². The number of carbonyl (C=O) groups is 3. The van der Waals surface area contributed by atoms with Crippen LogP contribution in [0.15, 0.2) is 84.9 Å². The predicted octanol–water partition coefficient (Wildman–Crippen LogP) is 3.03. The minimum Gasteiger partial charge on any atom is -0.508 e. The highest BCUT2D eigenvalue weighted by Crippen LogP contribution is 2.22. The van der Waals surface area contributed by atoms with Crippen LogP contribution < -0.4 is 10.6 Å². The quantitative estimate of drug-likeness (QED) is 0.312. The first-order valence-electron chi connectivity index (χ1n) is 10.2. The molecule has 7 nitrogen and oxygen atoms in total. The molecule has 0 aliphatic heterocycles. The Morgan fingerprint density at radius 1 is 0.758 bits per heavy atom. The van der Waals surface area contributed by atoms with E-state index in [1.54, 1.807) is 66.7 Å². The Hall–Kier alpha value is -3.78. The van der Waals surface area contributed by atoms with Gasteiger partial charge in [0.05, 0.1) is 0 Å². The molecule has 3 atom stereocenters. The minimum atomic E-state index is -1.23. The van der Waals surface area contributed by atoms with Crippen molar-refractivity contribution in [3.05, 3.63) is 102 Å². The highest BCUT2D eigenvalue weighted by atomic mass is 32.1. The molecule has 0 spiro atoms. The summed E-state index contributed by atoms with van der Waals surface area (Å²) in [5.41, 5.74) is 1.80. The molecule has 0 aliphatic carbocycles. The standard InChI is InChI=1S/C25H24N2O5S/c28-19-13-11-16(12-14-19)15-20(25(31)32)26-23(29)21(17-7-3-1-4-8-17)27-24(30)22(33)18-9-5-2-6-10-18/h1-14,20-22,28,33H,15H2,(H,26,29)(H,27,30)(H,31,32)/t20-,21?,22?/m0/s1. The number of phenols is 1. The first kappa shape index (κ1) is 23.9. The second-order valence-electron chi connectivity index (χ2n) is 7.44. The van der Waals surface area contributed by atoms with Gasteiger partial charge in [0.25, 0.3) is 0 Å². The van der Waals surface area contributed by atoms with E-state index in [4.69, 9.17) is 0 Å². The van der Waals surface area contributed by atoms with Crippen LogP contribution in [0.1, 0.15) is 28.0 Å². The molecule has 8 heteroatoms. The summed E-state index contributed by atoms with van der Waals surface area (Å²) in [4.78, 5) is 37.8. The topological polar surface area (TPSA) is 116 Å². The summed E-state index contributed by atoms with van der Waals surface area (Å²) in [6.45, 7) is 0. The number of hydrogen-bond acceptors (Lipinski definition) is 5. The fourth-order valence-electron chi connectivity index (χ4n) is 3.28. The molecule has 4 N–H and O–H groups in total. The third-order valence-corrected chi connectivity index (χ3v) is 5.57. The minimum absolute atomic E-state index is 0.00994. The fraction of sp³-hybridized carbons (Fsp3) is 0.160. The molecular weight excluding hydrogens is 440 g/mol. The lowest BCUT2D eigenvalue weighted by Crippen LogP contribution is -2.48. The van der Waals surface area contributed by atoms with E-state index >= 15 is 0 Å². The van der Waals surface area contributed by atoms with Crippen LogP contribution in [0, 0.1) is 0 Å². The number of benzene rings is 3. The number of carboxylic acid groups (broad SMARTS) is 1. The predicted molar refractivity (Wildman–Crippen MR) is 127 cm³/mol. The average molecular weight is 465 g/mol. The van der Waals surface area contributed by atoms with Crippen LogP contribution in [0.5, 0.6) is 5.75 Å². The number of aromatic hydroxyl groups is 1. The molecule has 3 aromatic carbocycles. The van der Waals surface area contributed by atoms with E-state index in [1.807, 2.05) is 6.07 Å². The number of thiol groups is 1. The Labute approximate surface area is 196 Å². The van der Waals surface area contributed by atoms with Crippen molar-refractivity contribution in [2.75, 3.05) is 0 Å². The van der Waals surface area contributed by atoms with Gasteiger partial charge in [0, 0.05) is 6.42 Å². The highest BCUT2D eigenvalue weighted by Gasteiger charge is 2.29. The van der Waals surface area contributed by atoms with Gasteiger partial charge in [-0.25, -0.2) is 4.79 Å². The van der Waals surface area contributed by atoms with E-state index in [0.717, 1.165) is 0 Å². The third kappa shape index (κ3) is 6.60. The second-order valence-corrected chi connectivity index (χ2v) is 7.95. The van der Waals surface area contributed by atoms with E-state index in [0.29, 0.717) is 16.7 Å². The second kappa shape index (κ2) is 11.2. The maximum Gasteiger partial charge on any atom is 0.326 e. The summed E-state index contributed by atoms with van der Waals surface area (Å²) >= 11 is 4.39. The van der Waals surface area contributed by atoms with Crippen molar-refractivity contribution in [1.29, 1.82) is 0 Å². The molecule has 0 heterocycles. The molecule has 0 aromatic heterocycles. The lowest BCUT2D eigenvalue weighted by atomic mass is 10.0. The summed E-state index contributed by atoms with van der Waals surface area (Å²) in [6.07, 6.45) is 0.00994. The number of carbonyl (C=O) groups excluding carboxylic acids is 2. The molecule has 0 radical (unpaired) electrons. The zero-order valence-electron chi connectivity index (χ0n) is 17.6. The van der Waals surface area contributed by atoms with Crippen molar-refractivity contribution in [1.82, 2.24) is 10.6 Å². The summed E-state index contributed by atoms with van der Waals surface area (Å²) < 4.78 is 0.